The van der Waals surface area contributed by atoms with Crippen LogP contribution < -0.4 is 15.4 Å². The van der Waals surface area contributed by atoms with Gasteiger partial charge in [0.05, 0.1) is 24.7 Å². The van der Waals surface area contributed by atoms with E-state index in [0.29, 0.717) is 19.0 Å². The zero-order chi connectivity index (χ0) is 21.3. The van der Waals surface area contributed by atoms with E-state index >= 15 is 0 Å². The summed E-state index contributed by atoms with van der Waals surface area (Å²) in [6.45, 7) is 13.7. The fraction of sp³-hybridized carbons (Fsp3) is 0.650. The van der Waals surface area contributed by atoms with Crippen molar-refractivity contribution in [2.45, 2.75) is 38.1 Å². The van der Waals surface area contributed by atoms with E-state index in [2.05, 4.69) is 34.1 Å². The Bertz CT molecular complexity index is 757. The van der Waals surface area contributed by atoms with Crippen molar-refractivity contribution in [3.63, 3.8) is 0 Å². The fourth-order valence-corrected chi connectivity index (χ4v) is 4.08. The van der Waals surface area contributed by atoms with Crippen LogP contribution in [0.1, 0.15) is 26.3 Å². The molecule has 0 spiro atoms. The van der Waals surface area contributed by atoms with Crippen LogP contribution in [-0.2, 0) is 14.8 Å². The third kappa shape index (κ3) is 7.58. The van der Waals surface area contributed by atoms with Gasteiger partial charge in [0.25, 0.3) is 0 Å². The number of guanidine groups is 1. The highest BCUT2D eigenvalue weighted by atomic mass is 32.2. The number of ether oxygens (including phenoxy) is 1. The Hall–Kier alpha value is -1.68. The summed E-state index contributed by atoms with van der Waals surface area (Å²) < 4.78 is 32.7. The largest absolute Gasteiger partial charge is 0.379 e. The van der Waals surface area contributed by atoms with Gasteiger partial charge in [-0.2, -0.15) is 0 Å². The number of hydrogen-bond donors (Lipinski definition) is 3. The number of aliphatic imine (C=N–C) groups is 1. The Morgan fingerprint density at radius 2 is 1.79 bits per heavy atom. The Kier molecular flexibility index (Phi) is 8.88. The summed E-state index contributed by atoms with van der Waals surface area (Å²) in [4.78, 5) is 7.36. The number of benzene rings is 1. The molecule has 1 fully saturated rings. The van der Waals surface area contributed by atoms with E-state index < -0.39 is 10.0 Å². The van der Waals surface area contributed by atoms with E-state index in [9.17, 15) is 8.42 Å². The lowest BCUT2D eigenvalue weighted by molar-refractivity contribution is -0.00683. The van der Waals surface area contributed by atoms with Gasteiger partial charge in [-0.1, -0.05) is 17.7 Å². The Labute approximate surface area is 175 Å². The molecule has 164 valence electrons. The molecule has 1 heterocycles. The van der Waals surface area contributed by atoms with Crippen molar-refractivity contribution in [3.8, 4) is 0 Å². The second-order valence-electron chi connectivity index (χ2n) is 7.74. The molecule has 1 saturated heterocycles. The highest BCUT2D eigenvalue weighted by Crippen LogP contribution is 2.16. The van der Waals surface area contributed by atoms with E-state index in [0.717, 1.165) is 38.4 Å². The first kappa shape index (κ1) is 23.6. The van der Waals surface area contributed by atoms with Crippen molar-refractivity contribution >= 4 is 16.0 Å². The first-order chi connectivity index (χ1) is 13.7. The second-order valence-corrected chi connectivity index (χ2v) is 9.51. The normalized spacial score (nSPS) is 16.6. The van der Waals surface area contributed by atoms with Crippen LogP contribution in [0.4, 0.5) is 0 Å². The third-order valence-electron chi connectivity index (χ3n) is 4.88. The smallest absolute Gasteiger partial charge is 0.240 e. The van der Waals surface area contributed by atoms with Crippen molar-refractivity contribution in [2.24, 2.45) is 4.99 Å². The molecule has 1 aliphatic rings. The summed E-state index contributed by atoms with van der Waals surface area (Å²) in [5, 5.41) is 6.41. The molecular formula is C20H35N5O3S. The van der Waals surface area contributed by atoms with Crippen molar-refractivity contribution in [2.75, 3.05) is 52.5 Å². The predicted molar refractivity (Wildman–Crippen MR) is 117 cm³/mol. The lowest BCUT2D eigenvalue weighted by Gasteiger charge is -2.39. The maximum atomic E-state index is 12.3. The topological polar surface area (TPSA) is 95.1 Å². The molecule has 1 aromatic rings. The van der Waals surface area contributed by atoms with E-state index in [-0.39, 0.29) is 17.0 Å². The Morgan fingerprint density at radius 3 is 2.41 bits per heavy atom. The SMILES string of the molecule is CCNC(=NCC(C)(C)N1CCOCC1)NCCNS(=O)(=O)c1ccc(C)cc1. The van der Waals surface area contributed by atoms with E-state index in [1.807, 2.05) is 13.8 Å². The standard InChI is InChI=1S/C20H35N5O3S/c1-5-21-19(23-16-20(3,4)25-12-14-28-15-13-25)22-10-11-24-29(26,27)18-8-6-17(2)7-9-18/h6-9,24H,5,10-16H2,1-4H3,(H2,21,22,23). The molecule has 0 atom stereocenters. The van der Waals surface area contributed by atoms with Gasteiger partial charge in [0.15, 0.2) is 5.96 Å². The zero-order valence-electron chi connectivity index (χ0n) is 18.0. The molecule has 8 nitrogen and oxygen atoms in total. The number of rotatable bonds is 9. The quantitative estimate of drug-likeness (QED) is 0.310. The Morgan fingerprint density at radius 1 is 1.14 bits per heavy atom. The van der Waals surface area contributed by atoms with Crippen LogP contribution in [0.3, 0.4) is 0 Å². The highest BCUT2D eigenvalue weighted by molar-refractivity contribution is 7.89. The van der Waals surface area contributed by atoms with E-state index in [1.54, 1.807) is 24.3 Å². The summed E-state index contributed by atoms with van der Waals surface area (Å²) in [5.41, 5.74) is 0.955. The molecule has 0 bridgehead atoms. The molecule has 1 aromatic carbocycles. The summed E-state index contributed by atoms with van der Waals surface area (Å²) in [6, 6.07) is 6.81. The first-order valence-corrected chi connectivity index (χ1v) is 11.6. The average Bonchev–Trinajstić information content (AvgIpc) is 2.70. The molecule has 29 heavy (non-hydrogen) atoms. The van der Waals surface area contributed by atoms with Crippen LogP contribution in [-0.4, -0.2) is 77.3 Å². The van der Waals surface area contributed by atoms with Gasteiger partial charge >= 0.3 is 0 Å². The maximum Gasteiger partial charge on any atom is 0.240 e. The van der Waals surface area contributed by atoms with Crippen LogP contribution in [0.15, 0.2) is 34.2 Å². The van der Waals surface area contributed by atoms with Crippen LogP contribution >= 0.6 is 0 Å². The number of nitrogens with zero attached hydrogens (tertiary/aromatic N) is 2. The number of morpholine rings is 1. The predicted octanol–water partition coefficient (Wildman–Crippen LogP) is 0.939. The molecule has 0 saturated carbocycles. The average molecular weight is 426 g/mol. The molecule has 2 rings (SSSR count). The number of hydrogen-bond acceptors (Lipinski definition) is 5. The number of sulfonamides is 1. The maximum absolute atomic E-state index is 12.3. The molecule has 0 aromatic heterocycles. The lowest BCUT2D eigenvalue weighted by Crippen LogP contribution is -2.52. The minimum atomic E-state index is -3.51. The third-order valence-corrected chi connectivity index (χ3v) is 6.35. The monoisotopic (exact) mass is 425 g/mol. The highest BCUT2D eigenvalue weighted by Gasteiger charge is 2.28. The van der Waals surface area contributed by atoms with E-state index in [4.69, 9.17) is 9.73 Å². The van der Waals surface area contributed by atoms with Gasteiger partial charge in [0.2, 0.25) is 10.0 Å². The van der Waals surface area contributed by atoms with Crippen molar-refractivity contribution in [3.05, 3.63) is 29.8 Å². The van der Waals surface area contributed by atoms with Gasteiger partial charge in [-0.05, 0) is 39.8 Å². The number of aryl methyl sites for hydroxylation is 1. The molecule has 3 N–H and O–H groups in total. The molecule has 0 radical (unpaired) electrons. The van der Waals surface area contributed by atoms with Crippen molar-refractivity contribution < 1.29 is 13.2 Å². The van der Waals surface area contributed by atoms with Gasteiger partial charge < -0.3 is 15.4 Å². The summed E-state index contributed by atoms with van der Waals surface area (Å²) in [7, 11) is -3.51. The van der Waals surface area contributed by atoms with Crippen molar-refractivity contribution in [1.82, 2.24) is 20.3 Å². The minimum Gasteiger partial charge on any atom is -0.379 e. The van der Waals surface area contributed by atoms with E-state index in [1.165, 1.54) is 0 Å². The molecule has 0 aliphatic carbocycles. The van der Waals surface area contributed by atoms with Gasteiger partial charge in [0.1, 0.15) is 0 Å². The van der Waals surface area contributed by atoms with Crippen LogP contribution in [0.5, 0.6) is 0 Å². The summed E-state index contributed by atoms with van der Waals surface area (Å²) in [6.07, 6.45) is 0. The molecule has 0 unspecified atom stereocenters. The summed E-state index contributed by atoms with van der Waals surface area (Å²) in [5.74, 6) is 0.684. The minimum absolute atomic E-state index is 0.0703. The van der Waals surface area contributed by atoms with Crippen LogP contribution in [0.2, 0.25) is 0 Å². The lowest BCUT2D eigenvalue weighted by atomic mass is 10.0. The van der Waals surface area contributed by atoms with Crippen molar-refractivity contribution in [1.29, 1.82) is 0 Å². The second kappa shape index (κ2) is 10.9. The van der Waals surface area contributed by atoms with Crippen LogP contribution in [0, 0.1) is 6.92 Å². The fourth-order valence-electron chi connectivity index (χ4n) is 3.05. The van der Waals surface area contributed by atoms with Crippen LogP contribution in [0.25, 0.3) is 0 Å². The Balaban J connectivity index is 1.85. The van der Waals surface area contributed by atoms with Gasteiger partial charge in [-0.3, -0.25) is 9.89 Å². The van der Waals surface area contributed by atoms with Gasteiger partial charge in [-0.25, -0.2) is 13.1 Å². The molecule has 9 heteroatoms. The van der Waals surface area contributed by atoms with Gasteiger partial charge in [-0.15, -0.1) is 0 Å². The molecular weight excluding hydrogens is 390 g/mol. The molecule has 1 aliphatic heterocycles. The summed E-state index contributed by atoms with van der Waals surface area (Å²) >= 11 is 0. The first-order valence-electron chi connectivity index (χ1n) is 10.2. The zero-order valence-corrected chi connectivity index (χ0v) is 18.8. The van der Waals surface area contributed by atoms with Gasteiger partial charge in [0, 0.05) is 38.3 Å². The number of nitrogens with one attached hydrogen (secondary N) is 3. The molecule has 0 amide bonds.